The predicted octanol–water partition coefficient (Wildman–Crippen LogP) is 1.46. The lowest BCUT2D eigenvalue weighted by molar-refractivity contribution is -0.120. The molecule has 1 aromatic carbocycles. The first-order valence-electron chi connectivity index (χ1n) is 6.70. The van der Waals surface area contributed by atoms with Gasteiger partial charge in [0.15, 0.2) is 11.6 Å². The van der Waals surface area contributed by atoms with Crippen LogP contribution in [0.2, 0.25) is 0 Å². The van der Waals surface area contributed by atoms with Crippen molar-refractivity contribution in [2.75, 3.05) is 26.2 Å². The largest absolute Gasteiger partial charge is 0.492 e. The molecule has 2 rings (SSSR count). The van der Waals surface area contributed by atoms with Gasteiger partial charge in [0, 0.05) is 6.07 Å². The summed E-state index contributed by atoms with van der Waals surface area (Å²) in [5.41, 5.74) is 0. The first-order valence-corrected chi connectivity index (χ1v) is 6.70. The molecule has 6 heteroatoms. The second-order valence-corrected chi connectivity index (χ2v) is 4.85. The van der Waals surface area contributed by atoms with E-state index in [4.69, 9.17) is 4.74 Å². The van der Waals surface area contributed by atoms with Crippen LogP contribution in [0.25, 0.3) is 0 Å². The summed E-state index contributed by atoms with van der Waals surface area (Å²) in [6, 6.07) is 3.33. The standard InChI is InChI=1S/C14H18F2N2O2/c15-12-4-3-11(7-13(12)16)20-6-5-18-14(19)9-17-8-10-1-2-10/h3-4,7,10,17H,1-2,5-6,8-9H2,(H,18,19). The highest BCUT2D eigenvalue weighted by molar-refractivity contribution is 5.77. The molecule has 0 aromatic heterocycles. The van der Waals surface area contributed by atoms with E-state index in [0.29, 0.717) is 13.1 Å². The molecular weight excluding hydrogens is 266 g/mol. The van der Waals surface area contributed by atoms with Crippen molar-refractivity contribution in [3.8, 4) is 5.75 Å². The van der Waals surface area contributed by atoms with Crippen LogP contribution in [0.1, 0.15) is 12.8 Å². The number of carbonyl (C=O) groups is 1. The lowest BCUT2D eigenvalue weighted by Crippen LogP contribution is -2.36. The molecule has 0 radical (unpaired) electrons. The van der Waals surface area contributed by atoms with E-state index >= 15 is 0 Å². The first kappa shape index (κ1) is 14.7. The molecular formula is C14H18F2N2O2. The molecule has 0 bridgehead atoms. The molecule has 0 spiro atoms. The van der Waals surface area contributed by atoms with E-state index < -0.39 is 11.6 Å². The van der Waals surface area contributed by atoms with Crippen LogP contribution in [0.5, 0.6) is 5.75 Å². The Bertz CT molecular complexity index is 464. The Hall–Kier alpha value is -1.69. The summed E-state index contributed by atoms with van der Waals surface area (Å²) in [5.74, 6) is -0.979. The van der Waals surface area contributed by atoms with E-state index in [1.165, 1.54) is 18.9 Å². The normalized spacial score (nSPS) is 14.1. The van der Waals surface area contributed by atoms with Crippen molar-refractivity contribution in [3.63, 3.8) is 0 Å². The SMILES string of the molecule is O=C(CNCC1CC1)NCCOc1ccc(F)c(F)c1. The van der Waals surface area contributed by atoms with Crippen LogP contribution in [0.15, 0.2) is 18.2 Å². The van der Waals surface area contributed by atoms with Crippen LogP contribution >= 0.6 is 0 Å². The molecule has 2 N–H and O–H groups in total. The lowest BCUT2D eigenvalue weighted by Gasteiger charge is -2.08. The van der Waals surface area contributed by atoms with Gasteiger partial charge in [-0.1, -0.05) is 0 Å². The maximum Gasteiger partial charge on any atom is 0.234 e. The zero-order valence-electron chi connectivity index (χ0n) is 11.1. The second-order valence-electron chi connectivity index (χ2n) is 4.85. The van der Waals surface area contributed by atoms with Gasteiger partial charge in [-0.05, 0) is 37.4 Å². The number of rotatable bonds is 8. The molecule has 0 atom stereocenters. The van der Waals surface area contributed by atoms with E-state index in [0.717, 1.165) is 24.6 Å². The molecule has 1 amide bonds. The molecule has 1 saturated carbocycles. The summed E-state index contributed by atoms with van der Waals surface area (Å²) in [4.78, 5) is 11.4. The minimum Gasteiger partial charge on any atom is -0.492 e. The van der Waals surface area contributed by atoms with Crippen LogP contribution in [-0.4, -0.2) is 32.1 Å². The van der Waals surface area contributed by atoms with Crippen molar-refractivity contribution < 1.29 is 18.3 Å². The van der Waals surface area contributed by atoms with Gasteiger partial charge in [0.25, 0.3) is 0 Å². The number of halogens is 2. The van der Waals surface area contributed by atoms with E-state index in [2.05, 4.69) is 10.6 Å². The third-order valence-corrected chi connectivity index (χ3v) is 3.00. The zero-order chi connectivity index (χ0) is 14.4. The molecule has 110 valence electrons. The Labute approximate surface area is 116 Å². The number of carbonyl (C=O) groups excluding carboxylic acids is 1. The third-order valence-electron chi connectivity index (χ3n) is 3.00. The molecule has 1 fully saturated rings. The highest BCUT2D eigenvalue weighted by Gasteiger charge is 2.20. The Morgan fingerprint density at radius 3 is 2.80 bits per heavy atom. The quantitative estimate of drug-likeness (QED) is 0.711. The van der Waals surface area contributed by atoms with Crippen molar-refractivity contribution in [1.29, 1.82) is 0 Å². The summed E-state index contributed by atoms with van der Waals surface area (Å²) in [6.07, 6.45) is 2.49. The predicted molar refractivity (Wildman–Crippen MR) is 70.5 cm³/mol. The molecule has 1 aromatic rings. The van der Waals surface area contributed by atoms with Gasteiger partial charge in [-0.25, -0.2) is 8.78 Å². The summed E-state index contributed by atoms with van der Waals surface area (Å²) >= 11 is 0. The van der Waals surface area contributed by atoms with Crippen LogP contribution < -0.4 is 15.4 Å². The fourth-order valence-corrected chi connectivity index (χ4v) is 1.70. The van der Waals surface area contributed by atoms with Gasteiger partial charge in [-0.15, -0.1) is 0 Å². The van der Waals surface area contributed by atoms with Crippen LogP contribution in [-0.2, 0) is 4.79 Å². The number of nitrogens with one attached hydrogen (secondary N) is 2. The Balaban J connectivity index is 1.55. The Morgan fingerprint density at radius 2 is 2.10 bits per heavy atom. The topological polar surface area (TPSA) is 50.4 Å². The van der Waals surface area contributed by atoms with Gasteiger partial charge >= 0.3 is 0 Å². The summed E-state index contributed by atoms with van der Waals surface area (Å²) < 4.78 is 30.8. The Morgan fingerprint density at radius 1 is 1.30 bits per heavy atom. The van der Waals surface area contributed by atoms with E-state index in [-0.39, 0.29) is 18.3 Å². The molecule has 1 aliphatic carbocycles. The average molecular weight is 284 g/mol. The van der Waals surface area contributed by atoms with E-state index in [9.17, 15) is 13.6 Å². The highest BCUT2D eigenvalue weighted by atomic mass is 19.2. The number of benzene rings is 1. The first-order chi connectivity index (χ1) is 9.65. The van der Waals surface area contributed by atoms with Crippen LogP contribution in [0, 0.1) is 17.6 Å². The Kier molecular flexibility index (Phi) is 5.29. The highest BCUT2D eigenvalue weighted by Crippen LogP contribution is 2.27. The van der Waals surface area contributed by atoms with Gasteiger partial charge in [-0.2, -0.15) is 0 Å². The maximum absolute atomic E-state index is 12.9. The molecule has 4 nitrogen and oxygen atoms in total. The number of amides is 1. The van der Waals surface area contributed by atoms with Gasteiger partial charge in [0.1, 0.15) is 12.4 Å². The number of hydrogen-bond acceptors (Lipinski definition) is 3. The summed E-state index contributed by atoms with van der Waals surface area (Å²) in [7, 11) is 0. The third kappa shape index (κ3) is 5.13. The zero-order valence-corrected chi connectivity index (χ0v) is 11.1. The average Bonchev–Trinajstić information content (AvgIpc) is 3.23. The number of hydrogen-bond donors (Lipinski definition) is 2. The molecule has 0 saturated heterocycles. The van der Waals surface area contributed by atoms with Crippen LogP contribution in [0.4, 0.5) is 8.78 Å². The fourth-order valence-electron chi connectivity index (χ4n) is 1.70. The van der Waals surface area contributed by atoms with Gasteiger partial charge in [0.2, 0.25) is 5.91 Å². The second kappa shape index (κ2) is 7.19. The minimum absolute atomic E-state index is 0.0977. The summed E-state index contributed by atoms with van der Waals surface area (Å²) in [6.45, 7) is 1.71. The lowest BCUT2D eigenvalue weighted by atomic mass is 10.3. The smallest absolute Gasteiger partial charge is 0.234 e. The molecule has 20 heavy (non-hydrogen) atoms. The van der Waals surface area contributed by atoms with Gasteiger partial charge in [0.05, 0.1) is 13.1 Å². The summed E-state index contributed by atoms with van der Waals surface area (Å²) in [5, 5.41) is 5.75. The minimum atomic E-state index is -0.948. The van der Waals surface area contributed by atoms with Crippen molar-refractivity contribution in [3.05, 3.63) is 29.8 Å². The molecule has 0 aliphatic heterocycles. The van der Waals surface area contributed by atoms with Crippen LogP contribution in [0.3, 0.4) is 0 Å². The fraction of sp³-hybridized carbons (Fsp3) is 0.500. The van der Waals surface area contributed by atoms with Crippen molar-refractivity contribution >= 4 is 5.91 Å². The van der Waals surface area contributed by atoms with Gasteiger partial charge in [-0.3, -0.25) is 4.79 Å². The van der Waals surface area contributed by atoms with Crippen molar-refractivity contribution in [2.45, 2.75) is 12.8 Å². The molecule has 0 heterocycles. The molecule has 1 aliphatic rings. The number of ether oxygens (including phenoxy) is 1. The maximum atomic E-state index is 12.9. The van der Waals surface area contributed by atoms with Crippen molar-refractivity contribution in [2.24, 2.45) is 5.92 Å². The van der Waals surface area contributed by atoms with Crippen molar-refractivity contribution in [1.82, 2.24) is 10.6 Å². The van der Waals surface area contributed by atoms with E-state index in [1.54, 1.807) is 0 Å². The monoisotopic (exact) mass is 284 g/mol. The van der Waals surface area contributed by atoms with E-state index in [1.807, 2.05) is 0 Å². The molecule has 0 unspecified atom stereocenters. The van der Waals surface area contributed by atoms with Gasteiger partial charge < -0.3 is 15.4 Å².